The monoisotopic (exact) mass is 360 g/mol. The molecule has 1 aromatic carbocycles. The lowest BCUT2D eigenvalue weighted by atomic mass is 9.97. The van der Waals surface area contributed by atoms with Gasteiger partial charge in [-0.1, -0.05) is 32.0 Å². The quantitative estimate of drug-likeness (QED) is 0.776. The maximum atomic E-state index is 13.1. The summed E-state index contributed by atoms with van der Waals surface area (Å²) >= 11 is 1.63. The third kappa shape index (κ3) is 3.58. The standard InChI is InChI=1S/C15H21O4PS2/c1-15(2)10-18-20(16,19-11-15)14-13(8-9-22(14)17)21-12-6-4-3-5-7-12/h3-7,13-14H,8-11H2,1-2H3/t13-,14-,22?/m1/s1. The topological polar surface area (TPSA) is 58.6 Å². The summed E-state index contributed by atoms with van der Waals surface area (Å²) < 4.78 is 23.7. The van der Waals surface area contributed by atoms with E-state index in [1.807, 2.05) is 44.2 Å². The second-order valence-corrected chi connectivity index (χ2v) is 12.0. The summed E-state index contributed by atoms with van der Waals surface area (Å²) in [6.07, 6.45) is 0.775. The van der Waals surface area contributed by atoms with Gasteiger partial charge in [0, 0.05) is 16.1 Å². The van der Waals surface area contributed by atoms with Crippen molar-refractivity contribution in [2.75, 3.05) is 19.0 Å². The van der Waals surface area contributed by atoms with Crippen molar-refractivity contribution in [3.05, 3.63) is 30.3 Å². The minimum absolute atomic E-state index is 0.00952. The normalized spacial score (nSPS) is 33.7. The zero-order valence-corrected chi connectivity index (χ0v) is 15.3. The molecule has 0 aliphatic carbocycles. The van der Waals surface area contributed by atoms with Crippen LogP contribution in [0.4, 0.5) is 0 Å². The molecule has 7 heteroatoms. The molecule has 3 rings (SSSR count). The lowest BCUT2D eigenvalue weighted by Gasteiger charge is -2.41. The Morgan fingerprint density at radius 2 is 1.91 bits per heavy atom. The first kappa shape index (κ1) is 16.9. The first-order valence-corrected chi connectivity index (χ1v) is 11.2. The van der Waals surface area contributed by atoms with Crippen LogP contribution in [0, 0.1) is 5.41 Å². The van der Waals surface area contributed by atoms with E-state index in [9.17, 15) is 9.10 Å². The van der Waals surface area contributed by atoms with Crippen LogP contribution in [-0.4, -0.2) is 33.4 Å². The van der Waals surface area contributed by atoms with Gasteiger partial charge in [0.25, 0.3) is 7.94 Å². The van der Waals surface area contributed by atoms with Crippen LogP contribution in [0.1, 0.15) is 20.3 Å². The molecule has 1 aromatic rings. The Morgan fingerprint density at radius 1 is 1.27 bits per heavy atom. The van der Waals surface area contributed by atoms with Gasteiger partial charge in [-0.05, 0) is 18.6 Å². The second-order valence-electron chi connectivity index (χ2n) is 6.48. The van der Waals surface area contributed by atoms with Crippen molar-refractivity contribution < 1.29 is 18.1 Å². The van der Waals surface area contributed by atoms with Crippen molar-refractivity contribution in [3.8, 4) is 0 Å². The predicted molar refractivity (Wildman–Crippen MR) is 90.1 cm³/mol. The van der Waals surface area contributed by atoms with Crippen molar-refractivity contribution in [2.45, 2.75) is 35.4 Å². The number of hydrogen-bond acceptors (Lipinski definition) is 5. The first-order valence-electron chi connectivity index (χ1n) is 7.37. The molecule has 0 radical (unpaired) electrons. The molecule has 0 N–H and O–H groups in total. The summed E-state index contributed by atoms with van der Waals surface area (Å²) in [5.74, 6) is 0.565. The maximum absolute atomic E-state index is 13.1. The Kier molecular flexibility index (Phi) is 4.98. The zero-order valence-electron chi connectivity index (χ0n) is 12.8. The molecule has 0 saturated carbocycles. The Morgan fingerprint density at radius 3 is 2.55 bits per heavy atom. The molecular formula is C15H21O4PS2. The summed E-state index contributed by atoms with van der Waals surface area (Å²) in [7, 11) is -4.47. The number of rotatable bonds is 3. The number of benzene rings is 1. The average Bonchev–Trinajstić information content (AvgIpc) is 2.85. The fourth-order valence-electron chi connectivity index (χ4n) is 2.56. The molecule has 2 aliphatic rings. The van der Waals surface area contributed by atoms with Gasteiger partial charge in [0.1, 0.15) is 13.2 Å². The van der Waals surface area contributed by atoms with Gasteiger partial charge in [-0.3, -0.25) is 4.21 Å². The highest BCUT2D eigenvalue weighted by atomic mass is 32.2. The van der Waals surface area contributed by atoms with E-state index in [0.29, 0.717) is 19.0 Å². The summed E-state index contributed by atoms with van der Waals surface area (Å²) in [5, 5.41) is 0.00952. The fraction of sp³-hybridized carbons (Fsp3) is 0.600. The van der Waals surface area contributed by atoms with Gasteiger partial charge in [0.15, 0.2) is 0 Å². The largest absolute Gasteiger partial charge is 0.630 e. The fourth-order valence-corrected chi connectivity index (χ4v) is 9.91. The zero-order chi connectivity index (χ0) is 15.8. The molecule has 2 heterocycles. The van der Waals surface area contributed by atoms with Crippen molar-refractivity contribution in [1.82, 2.24) is 0 Å². The predicted octanol–water partition coefficient (Wildman–Crippen LogP) is 2.82. The van der Waals surface area contributed by atoms with Crippen LogP contribution in [-0.2, 0) is 19.8 Å². The van der Waals surface area contributed by atoms with Gasteiger partial charge < -0.3 is 4.89 Å². The number of hydrogen-bond donors (Lipinski definition) is 0. The lowest BCUT2D eigenvalue weighted by molar-refractivity contribution is -0.234. The van der Waals surface area contributed by atoms with E-state index in [4.69, 9.17) is 9.05 Å². The Balaban J connectivity index is 1.76. The third-order valence-electron chi connectivity index (χ3n) is 3.80. The van der Waals surface area contributed by atoms with Gasteiger partial charge in [-0.25, -0.2) is 9.05 Å². The summed E-state index contributed by atoms with van der Waals surface area (Å²) in [4.78, 5) is 13.7. The maximum Gasteiger partial charge on any atom is 0.254 e. The highest BCUT2D eigenvalue weighted by Gasteiger charge is 2.56. The average molecular weight is 360 g/mol. The molecule has 2 aliphatic heterocycles. The van der Waals surface area contributed by atoms with Crippen LogP contribution in [0.25, 0.3) is 0 Å². The molecule has 0 aromatic heterocycles. The number of thioether (sulfide) groups is 1. The van der Waals surface area contributed by atoms with Crippen LogP contribution in [0.2, 0.25) is 0 Å². The molecule has 2 fully saturated rings. The molecule has 122 valence electrons. The van der Waals surface area contributed by atoms with E-state index in [-0.39, 0.29) is 10.7 Å². The van der Waals surface area contributed by atoms with E-state index in [2.05, 4.69) is 0 Å². The van der Waals surface area contributed by atoms with E-state index >= 15 is 0 Å². The third-order valence-corrected chi connectivity index (χ3v) is 10.5. The Labute approximate surface area is 139 Å². The van der Waals surface area contributed by atoms with Crippen molar-refractivity contribution in [2.24, 2.45) is 5.41 Å². The van der Waals surface area contributed by atoms with Crippen LogP contribution in [0.5, 0.6) is 0 Å². The van der Waals surface area contributed by atoms with Gasteiger partial charge in [0.2, 0.25) is 4.99 Å². The summed E-state index contributed by atoms with van der Waals surface area (Å²) in [6.45, 7) is 4.80. The smallest absolute Gasteiger partial charge is 0.254 e. The SMILES string of the molecule is CC1(C)CO[P+]([O-])([C@H]2[C@H](Sc3ccccc3)CCS2=O)OC1. The molecule has 0 bridgehead atoms. The first-order chi connectivity index (χ1) is 10.4. The highest BCUT2D eigenvalue weighted by molar-refractivity contribution is 8.03. The Bertz CT molecular complexity index is 542. The van der Waals surface area contributed by atoms with Crippen LogP contribution < -0.4 is 4.89 Å². The van der Waals surface area contributed by atoms with Crippen LogP contribution >= 0.6 is 19.7 Å². The summed E-state index contributed by atoms with van der Waals surface area (Å²) in [6, 6.07) is 9.95. The highest BCUT2D eigenvalue weighted by Crippen LogP contribution is 2.66. The van der Waals surface area contributed by atoms with E-state index in [1.165, 1.54) is 0 Å². The molecule has 3 atom stereocenters. The molecule has 1 unspecified atom stereocenters. The van der Waals surface area contributed by atoms with Crippen LogP contribution in [0.3, 0.4) is 0 Å². The minimum Gasteiger partial charge on any atom is -0.630 e. The van der Waals surface area contributed by atoms with Crippen molar-refractivity contribution >= 4 is 30.5 Å². The van der Waals surface area contributed by atoms with Crippen molar-refractivity contribution in [1.29, 1.82) is 0 Å². The second kappa shape index (κ2) is 6.50. The molecule has 0 amide bonds. The van der Waals surface area contributed by atoms with E-state index in [1.54, 1.807) is 11.8 Å². The van der Waals surface area contributed by atoms with Gasteiger partial charge >= 0.3 is 0 Å². The van der Waals surface area contributed by atoms with Crippen molar-refractivity contribution in [3.63, 3.8) is 0 Å². The lowest BCUT2D eigenvalue weighted by Crippen LogP contribution is -2.42. The molecule has 4 nitrogen and oxygen atoms in total. The summed E-state index contributed by atoms with van der Waals surface area (Å²) in [5.41, 5.74) is -0.143. The molecule has 0 spiro atoms. The van der Waals surface area contributed by atoms with E-state index in [0.717, 1.165) is 11.3 Å². The molecule has 2 saturated heterocycles. The van der Waals surface area contributed by atoms with Gasteiger partial charge in [0.05, 0.1) is 16.0 Å². The van der Waals surface area contributed by atoms with Crippen LogP contribution in [0.15, 0.2) is 35.2 Å². The Hall–Kier alpha value is 0.0300. The minimum atomic E-state index is -3.31. The van der Waals surface area contributed by atoms with Gasteiger partial charge in [-0.2, -0.15) is 0 Å². The van der Waals surface area contributed by atoms with E-state index < -0.39 is 23.7 Å². The van der Waals surface area contributed by atoms with Gasteiger partial charge in [-0.15, -0.1) is 11.8 Å². The molecule has 22 heavy (non-hydrogen) atoms. The molecular weight excluding hydrogens is 339 g/mol.